The van der Waals surface area contributed by atoms with E-state index in [0.717, 1.165) is 17.9 Å². The summed E-state index contributed by atoms with van der Waals surface area (Å²) in [4.78, 5) is 3.68. The van der Waals surface area contributed by atoms with E-state index in [1.54, 1.807) is 6.08 Å². The summed E-state index contributed by atoms with van der Waals surface area (Å²) in [5.74, 6) is -0.372. The topological polar surface area (TPSA) is 12.9 Å². The molecule has 1 aromatic heterocycles. The molecule has 70 valence electrons. The van der Waals surface area contributed by atoms with E-state index in [2.05, 4.69) is 20.9 Å². The Morgan fingerprint density at radius 3 is 3.08 bits per heavy atom. The molecule has 0 radical (unpaired) electrons. The molecule has 1 heterocycles. The van der Waals surface area contributed by atoms with Crippen molar-refractivity contribution >= 4 is 33.6 Å². The zero-order valence-corrected chi connectivity index (χ0v) is 9.15. The average Bonchev–Trinajstić information content (AvgIpc) is 2.11. The molecule has 0 unspecified atom stereocenters. The molecule has 0 atom stereocenters. The van der Waals surface area contributed by atoms with Crippen LogP contribution >= 0.6 is 27.5 Å². The first kappa shape index (κ1) is 10.7. The molecule has 0 fully saturated rings. The Hall–Kier alpha value is -0.410. The lowest BCUT2D eigenvalue weighted by atomic mass is 10.2. The number of rotatable bonds is 3. The summed E-state index contributed by atoms with van der Waals surface area (Å²) in [6, 6.07) is 1.36. The van der Waals surface area contributed by atoms with Crippen molar-refractivity contribution in [1.29, 1.82) is 0 Å². The quantitative estimate of drug-likeness (QED) is 0.599. The molecule has 0 aliphatic rings. The number of pyridine rings is 1. The smallest absolute Gasteiger partial charge is 0.142 e. The van der Waals surface area contributed by atoms with E-state index in [0.29, 0.717) is 10.7 Å². The van der Waals surface area contributed by atoms with Crippen molar-refractivity contribution < 1.29 is 4.39 Å². The van der Waals surface area contributed by atoms with E-state index in [1.165, 1.54) is 6.07 Å². The zero-order chi connectivity index (χ0) is 9.68. The van der Waals surface area contributed by atoms with Crippen LogP contribution in [-0.2, 0) is 0 Å². The Balaban J connectivity index is 2.81. The first-order valence-corrected chi connectivity index (χ1v) is 5.27. The van der Waals surface area contributed by atoms with Crippen LogP contribution in [0.3, 0.4) is 0 Å². The van der Waals surface area contributed by atoms with E-state index >= 15 is 0 Å². The van der Waals surface area contributed by atoms with Gasteiger partial charge in [0.05, 0.1) is 6.20 Å². The lowest BCUT2D eigenvalue weighted by Crippen LogP contribution is -1.83. The van der Waals surface area contributed by atoms with Gasteiger partial charge in [0.15, 0.2) is 0 Å². The third kappa shape index (κ3) is 3.44. The van der Waals surface area contributed by atoms with E-state index in [1.807, 2.05) is 6.08 Å². The Morgan fingerprint density at radius 1 is 1.62 bits per heavy atom. The molecule has 0 aliphatic carbocycles. The Kier molecular flexibility index (Phi) is 4.39. The standard InChI is InChI=1S/C9H8BrClFN/c10-4-2-1-3-7-5-8(12)6-13-9(7)11/h1,3,5-6H,2,4H2. The van der Waals surface area contributed by atoms with Gasteiger partial charge < -0.3 is 0 Å². The highest BCUT2D eigenvalue weighted by Crippen LogP contribution is 2.15. The molecule has 0 saturated heterocycles. The molecule has 0 aromatic carbocycles. The molecule has 1 aromatic rings. The fourth-order valence-electron chi connectivity index (χ4n) is 0.828. The average molecular weight is 265 g/mol. The second-order valence-corrected chi connectivity index (χ2v) is 3.56. The summed E-state index contributed by atoms with van der Waals surface area (Å²) < 4.78 is 12.7. The van der Waals surface area contributed by atoms with E-state index < -0.39 is 0 Å². The molecular formula is C9H8BrClFN. The highest BCUT2D eigenvalue weighted by atomic mass is 79.9. The monoisotopic (exact) mass is 263 g/mol. The van der Waals surface area contributed by atoms with Gasteiger partial charge in [-0.3, -0.25) is 0 Å². The van der Waals surface area contributed by atoms with Crippen LogP contribution in [0.1, 0.15) is 12.0 Å². The van der Waals surface area contributed by atoms with Crippen molar-refractivity contribution in [2.24, 2.45) is 0 Å². The molecule has 1 rings (SSSR count). The number of halogens is 3. The van der Waals surface area contributed by atoms with Gasteiger partial charge in [-0.1, -0.05) is 39.7 Å². The van der Waals surface area contributed by atoms with Crippen LogP contribution in [0.25, 0.3) is 6.08 Å². The van der Waals surface area contributed by atoms with Gasteiger partial charge in [0.25, 0.3) is 0 Å². The van der Waals surface area contributed by atoms with Crippen molar-refractivity contribution in [3.05, 3.63) is 34.9 Å². The SMILES string of the molecule is Fc1cnc(Cl)c(C=CCCBr)c1. The van der Waals surface area contributed by atoms with Crippen molar-refractivity contribution in [3.63, 3.8) is 0 Å². The third-order valence-corrected chi connectivity index (χ3v) is 2.18. The lowest BCUT2D eigenvalue weighted by molar-refractivity contribution is 0.621. The van der Waals surface area contributed by atoms with Crippen molar-refractivity contribution in [2.45, 2.75) is 6.42 Å². The van der Waals surface area contributed by atoms with Gasteiger partial charge in [-0.05, 0) is 12.5 Å². The normalized spacial score (nSPS) is 11.0. The first-order valence-electron chi connectivity index (χ1n) is 3.77. The second kappa shape index (κ2) is 5.35. The second-order valence-electron chi connectivity index (χ2n) is 2.41. The molecule has 13 heavy (non-hydrogen) atoms. The minimum absolute atomic E-state index is 0.326. The Bertz CT molecular complexity index is 314. The van der Waals surface area contributed by atoms with Crippen molar-refractivity contribution in [3.8, 4) is 0 Å². The summed E-state index contributed by atoms with van der Waals surface area (Å²) in [6.45, 7) is 0. The summed E-state index contributed by atoms with van der Waals surface area (Å²) in [5.41, 5.74) is 0.614. The zero-order valence-electron chi connectivity index (χ0n) is 6.80. The Labute approximate surface area is 89.8 Å². The lowest BCUT2D eigenvalue weighted by Gasteiger charge is -1.96. The van der Waals surface area contributed by atoms with Gasteiger partial charge in [-0.15, -0.1) is 0 Å². The fourth-order valence-corrected chi connectivity index (χ4v) is 1.26. The molecular weight excluding hydrogens is 256 g/mol. The minimum atomic E-state index is -0.372. The number of hydrogen-bond donors (Lipinski definition) is 0. The van der Waals surface area contributed by atoms with Crippen LogP contribution in [0.2, 0.25) is 5.15 Å². The number of allylic oxidation sites excluding steroid dienone is 1. The predicted octanol–water partition coefficient (Wildman–Crippen LogP) is 3.67. The van der Waals surface area contributed by atoms with Gasteiger partial charge in [0, 0.05) is 10.9 Å². The molecule has 0 bridgehead atoms. The summed E-state index contributed by atoms with van der Waals surface area (Å²) in [5, 5.41) is 1.20. The highest BCUT2D eigenvalue weighted by Gasteiger charge is 1.98. The molecule has 1 nitrogen and oxygen atoms in total. The maximum absolute atomic E-state index is 12.7. The van der Waals surface area contributed by atoms with Crippen molar-refractivity contribution in [1.82, 2.24) is 4.98 Å². The van der Waals surface area contributed by atoms with Crippen LogP contribution < -0.4 is 0 Å². The van der Waals surface area contributed by atoms with Gasteiger partial charge in [0.1, 0.15) is 11.0 Å². The highest BCUT2D eigenvalue weighted by molar-refractivity contribution is 9.09. The van der Waals surface area contributed by atoms with Gasteiger partial charge in [0.2, 0.25) is 0 Å². The van der Waals surface area contributed by atoms with Crippen LogP contribution in [0.4, 0.5) is 4.39 Å². The summed E-state index contributed by atoms with van der Waals surface area (Å²) in [7, 11) is 0. The van der Waals surface area contributed by atoms with Crippen LogP contribution in [0.5, 0.6) is 0 Å². The molecule has 0 N–H and O–H groups in total. The summed E-state index contributed by atoms with van der Waals surface area (Å²) >= 11 is 9.02. The van der Waals surface area contributed by atoms with Crippen molar-refractivity contribution in [2.75, 3.05) is 5.33 Å². The number of aromatic nitrogens is 1. The molecule has 0 amide bonds. The van der Waals surface area contributed by atoms with E-state index in [-0.39, 0.29) is 5.82 Å². The van der Waals surface area contributed by atoms with Crippen LogP contribution in [0, 0.1) is 5.82 Å². The van der Waals surface area contributed by atoms with Crippen LogP contribution in [0.15, 0.2) is 18.3 Å². The maximum atomic E-state index is 12.7. The molecule has 0 spiro atoms. The Morgan fingerprint density at radius 2 is 2.38 bits per heavy atom. The number of hydrogen-bond acceptors (Lipinski definition) is 1. The number of nitrogens with zero attached hydrogens (tertiary/aromatic N) is 1. The van der Waals surface area contributed by atoms with E-state index in [4.69, 9.17) is 11.6 Å². The van der Waals surface area contributed by atoms with Gasteiger partial charge >= 0.3 is 0 Å². The largest absolute Gasteiger partial charge is 0.241 e. The fraction of sp³-hybridized carbons (Fsp3) is 0.222. The number of alkyl halides is 1. The molecule has 0 aliphatic heterocycles. The maximum Gasteiger partial charge on any atom is 0.142 e. The van der Waals surface area contributed by atoms with Crippen LogP contribution in [-0.4, -0.2) is 10.3 Å². The predicted molar refractivity (Wildman–Crippen MR) is 56.7 cm³/mol. The van der Waals surface area contributed by atoms with Gasteiger partial charge in [-0.25, -0.2) is 9.37 Å². The van der Waals surface area contributed by atoms with Gasteiger partial charge in [-0.2, -0.15) is 0 Å². The first-order chi connectivity index (χ1) is 6.24. The van der Waals surface area contributed by atoms with E-state index in [9.17, 15) is 4.39 Å². The molecule has 4 heteroatoms. The molecule has 0 saturated carbocycles. The third-order valence-electron chi connectivity index (χ3n) is 1.41. The minimum Gasteiger partial charge on any atom is -0.241 e. The summed E-state index contributed by atoms with van der Waals surface area (Å²) in [6.07, 6.45) is 5.66.